The van der Waals surface area contributed by atoms with Crippen LogP contribution in [0, 0.1) is 0 Å². The number of fused-ring (bicyclic) bond motifs is 1. The molecule has 0 aliphatic rings. The van der Waals surface area contributed by atoms with Crippen LogP contribution in [0.4, 0.5) is 4.39 Å². The SMILES string of the molecule is CCOP(=O)(OCC)/C(=C\F)c1ccc2ccccc2c1. The molecule has 112 valence electrons. The van der Waals surface area contributed by atoms with Gasteiger partial charge in [-0.05, 0) is 36.2 Å². The van der Waals surface area contributed by atoms with Gasteiger partial charge < -0.3 is 9.05 Å². The average Bonchev–Trinajstić information content (AvgIpc) is 2.48. The lowest BCUT2D eigenvalue weighted by Gasteiger charge is -2.19. The van der Waals surface area contributed by atoms with Gasteiger partial charge in [0, 0.05) is 0 Å². The highest BCUT2D eigenvalue weighted by Gasteiger charge is 2.31. The third-order valence-corrected chi connectivity index (χ3v) is 5.18. The number of halogens is 1. The normalized spacial score (nSPS) is 12.8. The molecule has 0 aliphatic heterocycles. The second-order valence-corrected chi connectivity index (χ2v) is 6.38. The average molecular weight is 308 g/mol. The molecule has 3 nitrogen and oxygen atoms in total. The van der Waals surface area contributed by atoms with Crippen molar-refractivity contribution in [3.63, 3.8) is 0 Å². The van der Waals surface area contributed by atoms with Crippen LogP contribution >= 0.6 is 7.60 Å². The van der Waals surface area contributed by atoms with Crippen LogP contribution in [0.3, 0.4) is 0 Å². The molecular weight excluding hydrogens is 290 g/mol. The van der Waals surface area contributed by atoms with Crippen LogP contribution in [0.5, 0.6) is 0 Å². The highest BCUT2D eigenvalue weighted by atomic mass is 31.2. The lowest BCUT2D eigenvalue weighted by molar-refractivity contribution is 0.230. The number of hydrogen-bond acceptors (Lipinski definition) is 3. The van der Waals surface area contributed by atoms with Gasteiger partial charge in [0.2, 0.25) is 0 Å². The van der Waals surface area contributed by atoms with E-state index < -0.39 is 7.60 Å². The summed E-state index contributed by atoms with van der Waals surface area (Å²) in [5.41, 5.74) is 0.501. The first-order chi connectivity index (χ1) is 10.1. The first-order valence-electron chi connectivity index (χ1n) is 6.84. The van der Waals surface area contributed by atoms with Gasteiger partial charge in [-0.2, -0.15) is 0 Å². The fourth-order valence-corrected chi connectivity index (χ4v) is 3.75. The van der Waals surface area contributed by atoms with Crippen molar-refractivity contribution in [3.05, 3.63) is 54.4 Å². The molecule has 2 aromatic rings. The Balaban J connectivity index is 2.50. The Morgan fingerprint density at radius 2 is 1.71 bits per heavy atom. The summed E-state index contributed by atoms with van der Waals surface area (Å²) in [6.45, 7) is 3.76. The van der Waals surface area contributed by atoms with Gasteiger partial charge in [-0.1, -0.05) is 36.4 Å². The topological polar surface area (TPSA) is 35.5 Å². The van der Waals surface area contributed by atoms with Crippen molar-refractivity contribution >= 4 is 23.7 Å². The van der Waals surface area contributed by atoms with Gasteiger partial charge in [0.1, 0.15) is 6.33 Å². The van der Waals surface area contributed by atoms with Crippen molar-refractivity contribution in [1.82, 2.24) is 0 Å². The van der Waals surface area contributed by atoms with Gasteiger partial charge in [0.15, 0.2) is 0 Å². The minimum atomic E-state index is -3.64. The fourth-order valence-electron chi connectivity index (χ4n) is 2.15. The molecule has 2 rings (SSSR count). The zero-order chi connectivity index (χ0) is 15.3. The standard InChI is InChI=1S/C16H18FO3P/c1-3-19-21(18,20-4-2)16(12-17)15-10-9-13-7-5-6-8-14(13)11-15/h5-12H,3-4H2,1-2H3/b16-12-. The maximum absolute atomic E-state index is 13.4. The highest BCUT2D eigenvalue weighted by Crippen LogP contribution is 2.60. The summed E-state index contributed by atoms with van der Waals surface area (Å²) in [6.07, 6.45) is 0.316. The summed E-state index contributed by atoms with van der Waals surface area (Å²) in [5, 5.41) is 1.92. The monoisotopic (exact) mass is 308 g/mol. The molecule has 0 amide bonds. The zero-order valence-corrected chi connectivity index (χ0v) is 13.0. The van der Waals surface area contributed by atoms with Crippen molar-refractivity contribution in [2.24, 2.45) is 0 Å². The molecule has 0 saturated carbocycles. The van der Waals surface area contributed by atoms with Crippen molar-refractivity contribution in [2.45, 2.75) is 13.8 Å². The number of benzene rings is 2. The van der Waals surface area contributed by atoms with Gasteiger partial charge >= 0.3 is 7.60 Å². The maximum atomic E-state index is 13.4. The predicted octanol–water partition coefficient (Wildman–Crippen LogP) is 5.37. The molecule has 0 radical (unpaired) electrons. The van der Waals surface area contributed by atoms with E-state index in [4.69, 9.17) is 9.05 Å². The van der Waals surface area contributed by atoms with E-state index in [1.54, 1.807) is 26.0 Å². The van der Waals surface area contributed by atoms with E-state index in [0.717, 1.165) is 10.8 Å². The molecule has 0 aliphatic carbocycles. The molecule has 2 aromatic carbocycles. The second kappa shape index (κ2) is 6.99. The van der Waals surface area contributed by atoms with Gasteiger partial charge in [-0.15, -0.1) is 0 Å². The lowest BCUT2D eigenvalue weighted by atomic mass is 10.1. The summed E-state index contributed by atoms with van der Waals surface area (Å²) in [7, 11) is -3.64. The Bertz CT molecular complexity index is 687. The van der Waals surface area contributed by atoms with E-state index >= 15 is 0 Å². The minimum absolute atomic E-state index is 0.0445. The van der Waals surface area contributed by atoms with E-state index in [9.17, 15) is 8.96 Å². The molecule has 0 aromatic heterocycles. The second-order valence-electron chi connectivity index (χ2n) is 4.39. The van der Waals surface area contributed by atoms with Crippen LogP contribution in [0.15, 0.2) is 48.8 Å². The van der Waals surface area contributed by atoms with Crippen LogP contribution < -0.4 is 0 Å². The zero-order valence-electron chi connectivity index (χ0n) is 12.1. The van der Waals surface area contributed by atoms with Gasteiger partial charge in [-0.25, -0.2) is 4.39 Å². The molecule has 0 heterocycles. The Kier molecular flexibility index (Phi) is 5.29. The molecule has 0 unspecified atom stereocenters. The molecule has 0 bridgehead atoms. The number of hydrogen-bond donors (Lipinski definition) is 0. The molecule has 5 heteroatoms. The van der Waals surface area contributed by atoms with Crippen molar-refractivity contribution < 1.29 is 18.0 Å². The first kappa shape index (κ1) is 15.9. The van der Waals surface area contributed by atoms with E-state index in [0.29, 0.717) is 11.9 Å². The molecule has 0 atom stereocenters. The van der Waals surface area contributed by atoms with E-state index in [-0.39, 0.29) is 18.5 Å². The van der Waals surface area contributed by atoms with Gasteiger partial charge in [-0.3, -0.25) is 4.57 Å². The van der Waals surface area contributed by atoms with E-state index in [1.165, 1.54) is 0 Å². The molecule has 0 fully saturated rings. The molecule has 0 N–H and O–H groups in total. The summed E-state index contributed by atoms with van der Waals surface area (Å²) in [6, 6.07) is 13.1. The molecule has 0 spiro atoms. The molecule has 21 heavy (non-hydrogen) atoms. The van der Waals surface area contributed by atoms with E-state index in [2.05, 4.69) is 0 Å². The van der Waals surface area contributed by atoms with Crippen LogP contribution in [0.25, 0.3) is 16.1 Å². The summed E-state index contributed by atoms with van der Waals surface area (Å²) < 4.78 is 36.5. The third-order valence-electron chi connectivity index (χ3n) is 3.04. The Hall–Kier alpha value is -1.48. The van der Waals surface area contributed by atoms with Crippen LogP contribution in [-0.4, -0.2) is 13.2 Å². The third kappa shape index (κ3) is 3.41. The quantitative estimate of drug-likeness (QED) is 0.673. The largest absolute Gasteiger partial charge is 0.364 e. The van der Waals surface area contributed by atoms with Crippen LogP contribution in [-0.2, 0) is 13.6 Å². The fraction of sp³-hybridized carbons (Fsp3) is 0.250. The van der Waals surface area contributed by atoms with Crippen LogP contribution in [0.1, 0.15) is 19.4 Å². The predicted molar refractivity (Wildman–Crippen MR) is 83.9 cm³/mol. The van der Waals surface area contributed by atoms with Crippen molar-refractivity contribution in [3.8, 4) is 0 Å². The van der Waals surface area contributed by atoms with Crippen molar-refractivity contribution in [1.29, 1.82) is 0 Å². The summed E-state index contributed by atoms with van der Waals surface area (Å²) in [4.78, 5) is 0. The number of rotatable bonds is 6. The Morgan fingerprint density at radius 3 is 2.29 bits per heavy atom. The summed E-state index contributed by atoms with van der Waals surface area (Å²) in [5.74, 6) is 0. The van der Waals surface area contributed by atoms with Crippen molar-refractivity contribution in [2.75, 3.05) is 13.2 Å². The molecule has 0 saturated heterocycles. The smallest absolute Gasteiger partial charge is 0.305 e. The summed E-state index contributed by atoms with van der Waals surface area (Å²) >= 11 is 0. The highest BCUT2D eigenvalue weighted by molar-refractivity contribution is 7.65. The Morgan fingerprint density at radius 1 is 1.10 bits per heavy atom. The van der Waals surface area contributed by atoms with Crippen LogP contribution in [0.2, 0.25) is 0 Å². The minimum Gasteiger partial charge on any atom is -0.305 e. The maximum Gasteiger partial charge on any atom is 0.364 e. The first-order valence-corrected chi connectivity index (χ1v) is 8.38. The molecular formula is C16H18FO3P. The van der Waals surface area contributed by atoms with Gasteiger partial charge in [0.05, 0.1) is 18.5 Å². The Labute approximate surface area is 123 Å². The lowest BCUT2D eigenvalue weighted by Crippen LogP contribution is -1.98. The van der Waals surface area contributed by atoms with Gasteiger partial charge in [0.25, 0.3) is 0 Å². The van der Waals surface area contributed by atoms with E-state index in [1.807, 2.05) is 30.3 Å².